The van der Waals surface area contributed by atoms with Crippen molar-refractivity contribution in [3.63, 3.8) is 0 Å². The third-order valence-electron chi connectivity index (χ3n) is 4.27. The topological polar surface area (TPSA) is 85.2 Å². The smallest absolute Gasteiger partial charge is 0.373 e. The molecule has 2 aliphatic rings. The van der Waals surface area contributed by atoms with Gasteiger partial charge in [0.1, 0.15) is 0 Å². The van der Waals surface area contributed by atoms with Crippen LogP contribution in [0.1, 0.15) is 46.9 Å². The van der Waals surface area contributed by atoms with Crippen molar-refractivity contribution in [3.8, 4) is 0 Å². The van der Waals surface area contributed by atoms with Crippen LogP contribution in [0.4, 0.5) is 0 Å². The van der Waals surface area contributed by atoms with Crippen LogP contribution in [0, 0.1) is 5.92 Å². The number of nitrogens with zero attached hydrogens (tertiary/aromatic N) is 1. The van der Waals surface area contributed by atoms with Gasteiger partial charge in [0.25, 0.3) is 0 Å². The summed E-state index contributed by atoms with van der Waals surface area (Å²) < 4.78 is 10.1. The molecular formula is C16H15ClN2O4. The molecule has 1 heterocycles. The number of Topliss-reactive ketones (excluding diaryl/α,β-unsaturated/α-hetero) is 1. The molecule has 4 rings (SSSR count). The number of rotatable bonds is 6. The van der Waals surface area contributed by atoms with Crippen LogP contribution in [-0.2, 0) is 11.3 Å². The second-order valence-electron chi connectivity index (χ2n) is 6.11. The predicted molar refractivity (Wildman–Crippen MR) is 81.6 cm³/mol. The highest BCUT2D eigenvalue weighted by atomic mass is 35.5. The van der Waals surface area contributed by atoms with Crippen LogP contribution in [0.2, 0.25) is 5.02 Å². The first-order valence-corrected chi connectivity index (χ1v) is 8.00. The monoisotopic (exact) mass is 334 g/mol. The van der Waals surface area contributed by atoms with Crippen molar-refractivity contribution in [3.05, 3.63) is 50.7 Å². The van der Waals surface area contributed by atoms with E-state index < -0.39 is 5.76 Å². The van der Waals surface area contributed by atoms with Crippen LogP contribution in [0.3, 0.4) is 0 Å². The van der Waals surface area contributed by atoms with Crippen LogP contribution in [0.25, 0.3) is 0 Å². The van der Waals surface area contributed by atoms with Crippen molar-refractivity contribution in [2.24, 2.45) is 5.92 Å². The van der Waals surface area contributed by atoms with Crippen LogP contribution < -0.4 is 5.76 Å². The quantitative estimate of drug-likeness (QED) is 0.821. The number of benzene rings is 1. The molecule has 1 aromatic carbocycles. The number of nitrogens with one attached hydrogen (secondary N) is 1. The number of carbonyl (C=O) groups is 1. The molecule has 0 saturated heterocycles. The molecule has 0 amide bonds. The Morgan fingerprint density at radius 2 is 2.26 bits per heavy atom. The molecular weight excluding hydrogens is 320 g/mol. The molecule has 1 N–H and O–H groups in total. The zero-order chi connectivity index (χ0) is 16.0. The summed E-state index contributed by atoms with van der Waals surface area (Å²) in [4.78, 5) is 26.0. The largest absolute Gasteiger partial charge is 0.438 e. The molecule has 2 aliphatic carbocycles. The van der Waals surface area contributed by atoms with E-state index in [1.807, 2.05) is 6.07 Å². The number of ketones is 1. The highest BCUT2D eigenvalue weighted by molar-refractivity contribution is 6.31. The van der Waals surface area contributed by atoms with Gasteiger partial charge in [-0.2, -0.15) is 0 Å². The Balaban J connectivity index is 1.44. The van der Waals surface area contributed by atoms with E-state index in [4.69, 9.17) is 16.3 Å². The van der Waals surface area contributed by atoms with Crippen molar-refractivity contribution < 1.29 is 14.1 Å². The third kappa shape index (κ3) is 3.09. The molecule has 120 valence electrons. The molecule has 0 aliphatic heterocycles. The number of carbonyl (C=O) groups excluding carboxylic acids is 1. The molecule has 6 nitrogen and oxygen atoms in total. The summed E-state index contributed by atoms with van der Waals surface area (Å²) in [5, 5.41) is 4.19. The SMILES string of the molecule is O=C(c1ccc(COC2CC2)c(Cl)c1)[C@H]1C[C@@H]1c1noc(=O)[nH]1. The number of aromatic nitrogens is 2. The lowest BCUT2D eigenvalue weighted by atomic mass is 10.0. The zero-order valence-corrected chi connectivity index (χ0v) is 13.0. The maximum Gasteiger partial charge on any atom is 0.438 e. The van der Waals surface area contributed by atoms with E-state index in [2.05, 4.69) is 14.7 Å². The second-order valence-corrected chi connectivity index (χ2v) is 6.52. The minimum Gasteiger partial charge on any atom is -0.373 e. The van der Waals surface area contributed by atoms with Gasteiger partial charge in [0.15, 0.2) is 11.6 Å². The molecule has 0 spiro atoms. The van der Waals surface area contributed by atoms with Crippen LogP contribution >= 0.6 is 11.6 Å². The fourth-order valence-corrected chi connectivity index (χ4v) is 2.90. The molecule has 2 atom stereocenters. The molecule has 23 heavy (non-hydrogen) atoms. The average molecular weight is 335 g/mol. The standard InChI is InChI=1S/C16H15ClN2O4/c17-13-5-8(1-2-9(13)7-22-10-3-4-10)14(20)11-6-12(11)15-18-16(21)23-19-15/h1-2,5,10-12H,3-4,6-7H2,(H,18,19,21)/t11-,12-/m0/s1. The summed E-state index contributed by atoms with van der Waals surface area (Å²) in [6.07, 6.45) is 3.25. The van der Waals surface area contributed by atoms with E-state index in [-0.39, 0.29) is 17.6 Å². The fraction of sp³-hybridized carbons (Fsp3) is 0.438. The van der Waals surface area contributed by atoms with Gasteiger partial charge in [-0.3, -0.25) is 14.3 Å². The highest BCUT2D eigenvalue weighted by Crippen LogP contribution is 2.47. The van der Waals surface area contributed by atoms with E-state index in [9.17, 15) is 9.59 Å². The molecule has 2 aromatic rings. The average Bonchev–Trinajstić information content (AvgIpc) is 3.45. The van der Waals surface area contributed by atoms with Gasteiger partial charge < -0.3 is 4.74 Å². The lowest BCUT2D eigenvalue weighted by Gasteiger charge is -2.07. The Morgan fingerprint density at radius 1 is 1.43 bits per heavy atom. The van der Waals surface area contributed by atoms with Gasteiger partial charge in [-0.05, 0) is 30.9 Å². The summed E-state index contributed by atoms with van der Waals surface area (Å²) in [6.45, 7) is 0.476. The van der Waals surface area contributed by atoms with Gasteiger partial charge >= 0.3 is 5.76 Å². The van der Waals surface area contributed by atoms with Crippen molar-refractivity contribution in [1.29, 1.82) is 0 Å². The van der Waals surface area contributed by atoms with E-state index in [0.29, 0.717) is 35.5 Å². The van der Waals surface area contributed by atoms with Crippen LogP contribution in [-0.4, -0.2) is 22.0 Å². The van der Waals surface area contributed by atoms with Gasteiger partial charge in [-0.1, -0.05) is 28.9 Å². The molecule has 0 bridgehead atoms. The minimum atomic E-state index is -0.596. The molecule has 1 aromatic heterocycles. The van der Waals surface area contributed by atoms with E-state index in [0.717, 1.165) is 18.4 Å². The Kier molecular flexibility index (Phi) is 3.58. The van der Waals surface area contributed by atoms with Crippen molar-refractivity contribution in [1.82, 2.24) is 10.1 Å². The highest BCUT2D eigenvalue weighted by Gasteiger charge is 2.46. The first-order chi connectivity index (χ1) is 11.1. The Morgan fingerprint density at radius 3 is 2.91 bits per heavy atom. The summed E-state index contributed by atoms with van der Waals surface area (Å²) >= 11 is 6.25. The molecule has 2 fully saturated rings. The lowest BCUT2D eigenvalue weighted by molar-refractivity contribution is 0.0963. The summed E-state index contributed by atoms with van der Waals surface area (Å²) in [7, 11) is 0. The van der Waals surface area contributed by atoms with Crippen molar-refractivity contribution in [2.75, 3.05) is 0 Å². The summed E-state index contributed by atoms with van der Waals surface area (Å²) in [6, 6.07) is 5.31. The van der Waals surface area contributed by atoms with E-state index in [1.54, 1.807) is 12.1 Å². The fourth-order valence-electron chi connectivity index (χ4n) is 2.66. The molecule has 0 unspecified atom stereocenters. The first kappa shape index (κ1) is 14.7. The molecule has 7 heteroatoms. The van der Waals surface area contributed by atoms with Gasteiger partial charge in [-0.15, -0.1) is 0 Å². The summed E-state index contributed by atoms with van der Waals surface area (Å²) in [5.41, 5.74) is 1.46. The lowest BCUT2D eigenvalue weighted by Crippen LogP contribution is -2.05. The van der Waals surface area contributed by atoms with Gasteiger partial charge in [0, 0.05) is 22.4 Å². The van der Waals surface area contributed by atoms with Gasteiger partial charge in [0.2, 0.25) is 0 Å². The van der Waals surface area contributed by atoms with Crippen LogP contribution in [0.5, 0.6) is 0 Å². The van der Waals surface area contributed by atoms with Crippen molar-refractivity contribution in [2.45, 2.75) is 37.9 Å². The van der Waals surface area contributed by atoms with Crippen molar-refractivity contribution >= 4 is 17.4 Å². The summed E-state index contributed by atoms with van der Waals surface area (Å²) in [5.74, 6) is -0.406. The van der Waals surface area contributed by atoms with Gasteiger partial charge in [0.05, 0.1) is 12.7 Å². The Labute approximate surface area is 136 Å². The van der Waals surface area contributed by atoms with Crippen LogP contribution in [0.15, 0.2) is 27.5 Å². The minimum absolute atomic E-state index is 0.00964. The Hall–Kier alpha value is -1.92. The maximum atomic E-state index is 12.5. The first-order valence-electron chi connectivity index (χ1n) is 7.62. The number of ether oxygens (including phenoxy) is 1. The number of H-pyrrole nitrogens is 1. The predicted octanol–water partition coefficient (Wildman–Crippen LogP) is 2.68. The van der Waals surface area contributed by atoms with Gasteiger partial charge in [-0.25, -0.2) is 4.79 Å². The zero-order valence-electron chi connectivity index (χ0n) is 12.3. The second kappa shape index (κ2) is 5.62. The number of hydrogen-bond acceptors (Lipinski definition) is 5. The third-order valence-corrected chi connectivity index (χ3v) is 4.62. The molecule has 2 saturated carbocycles. The van der Waals surface area contributed by atoms with E-state index in [1.165, 1.54) is 0 Å². The molecule has 0 radical (unpaired) electrons. The van der Waals surface area contributed by atoms with E-state index >= 15 is 0 Å². The number of halogens is 1. The Bertz CT molecular complexity index is 808. The maximum absolute atomic E-state index is 12.5. The number of aromatic amines is 1. The normalized spacial score (nSPS) is 23.0. The number of hydrogen-bond donors (Lipinski definition) is 1.